The first-order chi connectivity index (χ1) is 13.7. The van der Waals surface area contributed by atoms with Crippen LogP contribution < -0.4 is 4.74 Å². The van der Waals surface area contributed by atoms with E-state index in [0.29, 0.717) is 21.8 Å². The summed E-state index contributed by atoms with van der Waals surface area (Å²) < 4.78 is 23.0. The summed E-state index contributed by atoms with van der Waals surface area (Å²) in [5, 5.41) is 0. The summed E-state index contributed by atoms with van der Waals surface area (Å²) in [5.74, 6) is 3.44. The normalized spacial score (nSPS) is 22.1. The summed E-state index contributed by atoms with van der Waals surface area (Å²) in [6.45, 7) is 0. The Kier molecular flexibility index (Phi) is 3.45. The molecule has 1 aliphatic carbocycles. The molecular weight excluding hydrogens is 419 g/mol. The van der Waals surface area contributed by atoms with Gasteiger partial charge in [0, 0.05) is 17.5 Å². The van der Waals surface area contributed by atoms with Crippen LogP contribution in [0.2, 0.25) is 0 Å². The molecule has 0 saturated heterocycles. The standard InChI is InChI=1S/C23H16BrFN2O/c24-17-11-20-19(12-18(17)25)26-23-16-10-15(16)22(27(20)23)14-8-4-5-9-21(14)28-13-6-2-1-3-7-13/h1-9,11-12,15-16,22H,10H2/t15-,16+,22-/m0/s1. The number of imidazole rings is 1. The van der Waals surface area contributed by atoms with Crippen molar-refractivity contribution >= 4 is 27.0 Å². The molecule has 3 aromatic carbocycles. The molecule has 0 radical (unpaired) electrons. The molecule has 138 valence electrons. The van der Waals surface area contributed by atoms with E-state index >= 15 is 0 Å². The maximum Gasteiger partial charge on any atom is 0.139 e. The fraction of sp³-hybridized carbons (Fsp3) is 0.174. The smallest absolute Gasteiger partial charge is 0.139 e. The van der Waals surface area contributed by atoms with Crippen LogP contribution in [-0.4, -0.2) is 9.55 Å². The first kappa shape index (κ1) is 16.3. The van der Waals surface area contributed by atoms with Crippen molar-refractivity contribution in [2.45, 2.75) is 18.4 Å². The number of fused-ring (bicyclic) bond motifs is 5. The summed E-state index contributed by atoms with van der Waals surface area (Å²) in [6.07, 6.45) is 1.12. The summed E-state index contributed by atoms with van der Waals surface area (Å²) in [6, 6.07) is 21.6. The predicted octanol–water partition coefficient (Wildman–Crippen LogP) is 6.44. The van der Waals surface area contributed by atoms with E-state index in [0.717, 1.165) is 34.8 Å². The molecule has 1 aromatic heterocycles. The van der Waals surface area contributed by atoms with Crippen molar-refractivity contribution < 1.29 is 9.13 Å². The Morgan fingerprint density at radius 2 is 1.82 bits per heavy atom. The number of ether oxygens (including phenoxy) is 1. The Balaban J connectivity index is 1.51. The van der Waals surface area contributed by atoms with E-state index in [2.05, 4.69) is 32.6 Å². The van der Waals surface area contributed by atoms with Crippen molar-refractivity contribution in [1.29, 1.82) is 0 Å². The van der Waals surface area contributed by atoms with Crippen LogP contribution in [0.25, 0.3) is 11.0 Å². The van der Waals surface area contributed by atoms with Gasteiger partial charge in [0.1, 0.15) is 23.1 Å². The molecule has 28 heavy (non-hydrogen) atoms. The van der Waals surface area contributed by atoms with E-state index in [1.54, 1.807) is 0 Å². The van der Waals surface area contributed by atoms with Gasteiger partial charge < -0.3 is 9.30 Å². The molecule has 1 saturated carbocycles. The minimum atomic E-state index is -0.277. The number of rotatable bonds is 3. The second-order valence-corrected chi connectivity index (χ2v) is 8.35. The van der Waals surface area contributed by atoms with Gasteiger partial charge in [0.25, 0.3) is 0 Å². The Hall–Kier alpha value is -2.66. The molecule has 2 heterocycles. The van der Waals surface area contributed by atoms with Gasteiger partial charge in [-0.2, -0.15) is 0 Å². The van der Waals surface area contributed by atoms with E-state index in [1.807, 2.05) is 48.5 Å². The van der Waals surface area contributed by atoms with Crippen molar-refractivity contribution in [3.05, 3.63) is 88.4 Å². The lowest BCUT2D eigenvalue weighted by atomic mass is 10.0. The Bertz CT molecular complexity index is 1220. The number of hydrogen-bond acceptors (Lipinski definition) is 2. The third-order valence-corrected chi connectivity index (χ3v) is 6.43. The molecular formula is C23H16BrFN2O. The zero-order valence-electron chi connectivity index (χ0n) is 14.8. The van der Waals surface area contributed by atoms with Crippen LogP contribution in [0.5, 0.6) is 11.5 Å². The lowest BCUT2D eigenvalue weighted by Crippen LogP contribution is -2.11. The molecule has 0 amide bonds. The zero-order valence-corrected chi connectivity index (χ0v) is 16.4. The minimum Gasteiger partial charge on any atom is -0.457 e. The Labute approximate surface area is 169 Å². The van der Waals surface area contributed by atoms with Gasteiger partial charge in [0.15, 0.2) is 0 Å². The molecule has 6 rings (SSSR count). The second-order valence-electron chi connectivity index (χ2n) is 7.50. The molecule has 0 N–H and O–H groups in total. The summed E-state index contributed by atoms with van der Waals surface area (Å²) in [4.78, 5) is 4.77. The van der Waals surface area contributed by atoms with Gasteiger partial charge in [-0.25, -0.2) is 9.37 Å². The number of nitrogens with zero attached hydrogens (tertiary/aromatic N) is 2. The quantitative estimate of drug-likeness (QED) is 0.371. The lowest BCUT2D eigenvalue weighted by molar-refractivity contribution is 0.457. The summed E-state index contributed by atoms with van der Waals surface area (Å²) in [5.41, 5.74) is 2.83. The van der Waals surface area contributed by atoms with Gasteiger partial charge in [-0.15, -0.1) is 0 Å². The minimum absolute atomic E-state index is 0.155. The third kappa shape index (κ3) is 2.35. The van der Waals surface area contributed by atoms with Crippen LogP contribution in [0.4, 0.5) is 4.39 Å². The highest BCUT2D eigenvalue weighted by Crippen LogP contribution is 2.63. The maximum absolute atomic E-state index is 14.0. The van der Waals surface area contributed by atoms with Gasteiger partial charge in [0.2, 0.25) is 0 Å². The fourth-order valence-corrected chi connectivity index (χ4v) is 4.85. The first-order valence-corrected chi connectivity index (χ1v) is 10.2. The van der Waals surface area contributed by atoms with Crippen molar-refractivity contribution in [2.75, 3.05) is 0 Å². The van der Waals surface area contributed by atoms with E-state index in [9.17, 15) is 4.39 Å². The fourth-order valence-electron chi connectivity index (χ4n) is 4.52. The van der Waals surface area contributed by atoms with Gasteiger partial charge in [0.05, 0.1) is 21.5 Å². The summed E-state index contributed by atoms with van der Waals surface area (Å²) >= 11 is 3.33. The highest BCUT2D eigenvalue weighted by atomic mass is 79.9. The van der Waals surface area contributed by atoms with Gasteiger partial charge in [-0.3, -0.25) is 0 Å². The number of hydrogen-bond donors (Lipinski definition) is 0. The molecule has 3 atom stereocenters. The molecule has 0 spiro atoms. The number of benzene rings is 3. The Morgan fingerprint density at radius 3 is 2.68 bits per heavy atom. The molecule has 2 aliphatic rings. The van der Waals surface area contributed by atoms with Crippen molar-refractivity contribution in [3.63, 3.8) is 0 Å². The molecule has 0 unspecified atom stereocenters. The summed E-state index contributed by atoms with van der Waals surface area (Å²) in [7, 11) is 0. The molecule has 5 heteroatoms. The lowest BCUT2D eigenvalue weighted by Gasteiger charge is -2.21. The average Bonchev–Trinajstić information content (AvgIpc) is 3.32. The predicted molar refractivity (Wildman–Crippen MR) is 109 cm³/mol. The third-order valence-electron chi connectivity index (χ3n) is 5.82. The van der Waals surface area contributed by atoms with Crippen LogP contribution in [0.15, 0.2) is 71.2 Å². The second kappa shape index (κ2) is 5.92. The van der Waals surface area contributed by atoms with Crippen molar-refractivity contribution in [3.8, 4) is 11.5 Å². The average molecular weight is 435 g/mol. The molecule has 1 fully saturated rings. The van der Waals surface area contributed by atoms with Gasteiger partial charge >= 0.3 is 0 Å². The van der Waals surface area contributed by atoms with Crippen LogP contribution in [0, 0.1) is 11.7 Å². The van der Waals surface area contributed by atoms with Gasteiger partial charge in [-0.1, -0.05) is 36.4 Å². The van der Waals surface area contributed by atoms with Crippen LogP contribution >= 0.6 is 15.9 Å². The highest BCUT2D eigenvalue weighted by molar-refractivity contribution is 9.10. The van der Waals surface area contributed by atoms with Crippen LogP contribution in [0.1, 0.15) is 29.8 Å². The largest absolute Gasteiger partial charge is 0.457 e. The van der Waals surface area contributed by atoms with E-state index in [1.165, 1.54) is 6.07 Å². The van der Waals surface area contributed by atoms with Crippen molar-refractivity contribution in [2.24, 2.45) is 5.92 Å². The molecule has 0 bridgehead atoms. The monoisotopic (exact) mass is 434 g/mol. The maximum atomic E-state index is 14.0. The Morgan fingerprint density at radius 1 is 1.04 bits per heavy atom. The van der Waals surface area contributed by atoms with E-state index < -0.39 is 0 Å². The van der Waals surface area contributed by atoms with Crippen molar-refractivity contribution in [1.82, 2.24) is 9.55 Å². The number of halogens is 2. The topological polar surface area (TPSA) is 27.1 Å². The number of aromatic nitrogens is 2. The SMILES string of the molecule is Fc1cc2nc3n(c2cc1Br)[C@@H](c1ccccc1Oc1ccccc1)[C@H]1C[C@@H]31. The van der Waals surface area contributed by atoms with Crippen LogP contribution in [-0.2, 0) is 0 Å². The van der Waals surface area contributed by atoms with E-state index in [4.69, 9.17) is 9.72 Å². The molecule has 3 nitrogen and oxygen atoms in total. The molecule has 4 aromatic rings. The number of para-hydroxylation sites is 2. The van der Waals surface area contributed by atoms with Gasteiger partial charge in [-0.05, 0) is 52.5 Å². The van der Waals surface area contributed by atoms with E-state index in [-0.39, 0.29) is 11.9 Å². The highest BCUT2D eigenvalue weighted by Gasteiger charge is 2.55. The molecule has 1 aliphatic heterocycles. The zero-order chi connectivity index (χ0) is 18.8. The first-order valence-electron chi connectivity index (χ1n) is 9.39. The van der Waals surface area contributed by atoms with Crippen LogP contribution in [0.3, 0.4) is 0 Å².